The Hall–Kier alpha value is -2.59. The summed E-state index contributed by atoms with van der Waals surface area (Å²) in [7, 11) is 0. The van der Waals surface area contributed by atoms with Gasteiger partial charge in [-0.05, 0) is 42.7 Å². The molecular weight excluding hydrogens is 326 g/mol. The van der Waals surface area contributed by atoms with Crippen LogP contribution in [0.2, 0.25) is 0 Å². The Morgan fingerprint density at radius 3 is 2.62 bits per heavy atom. The maximum absolute atomic E-state index is 12.8. The Kier molecular flexibility index (Phi) is 6.45. The molecule has 0 aliphatic carbocycles. The number of nitrogens with zero attached hydrogens (tertiary/aromatic N) is 1. The first kappa shape index (κ1) is 18.2. The highest BCUT2D eigenvalue weighted by Gasteiger charge is 2.17. The van der Waals surface area contributed by atoms with Gasteiger partial charge in [0.1, 0.15) is 12.4 Å². The number of carbonyl (C=O) groups excluding carboxylic acids is 1. The van der Waals surface area contributed by atoms with Gasteiger partial charge in [0.05, 0.1) is 6.10 Å². The molecule has 0 bridgehead atoms. The molecule has 0 aromatic heterocycles. The summed E-state index contributed by atoms with van der Waals surface area (Å²) in [6.07, 6.45) is 4.08. The highest BCUT2D eigenvalue weighted by molar-refractivity contribution is 5.94. The number of ether oxygens (including phenoxy) is 2. The molecule has 0 N–H and O–H groups in total. The van der Waals surface area contributed by atoms with Crippen LogP contribution in [-0.4, -0.2) is 36.7 Å². The van der Waals surface area contributed by atoms with Crippen molar-refractivity contribution in [2.45, 2.75) is 25.5 Å². The lowest BCUT2D eigenvalue weighted by Gasteiger charge is -2.21. The van der Waals surface area contributed by atoms with Crippen LogP contribution >= 0.6 is 0 Å². The fourth-order valence-electron chi connectivity index (χ4n) is 3.02. The summed E-state index contributed by atoms with van der Waals surface area (Å²) < 4.78 is 11.3. The first-order valence-corrected chi connectivity index (χ1v) is 9.05. The zero-order valence-electron chi connectivity index (χ0n) is 15.0. The largest absolute Gasteiger partial charge is 0.491 e. The number of rotatable bonds is 8. The topological polar surface area (TPSA) is 38.8 Å². The molecule has 3 rings (SSSR count). The van der Waals surface area contributed by atoms with E-state index < -0.39 is 0 Å². The van der Waals surface area contributed by atoms with Crippen molar-refractivity contribution in [2.75, 3.05) is 19.8 Å². The molecule has 1 aliphatic rings. The third-order valence-corrected chi connectivity index (χ3v) is 4.41. The van der Waals surface area contributed by atoms with Crippen LogP contribution in [0.1, 0.15) is 28.8 Å². The van der Waals surface area contributed by atoms with E-state index in [0.717, 1.165) is 30.8 Å². The lowest BCUT2D eigenvalue weighted by atomic mass is 10.1. The Bertz CT molecular complexity index is 706. The second-order valence-corrected chi connectivity index (χ2v) is 6.43. The van der Waals surface area contributed by atoms with Gasteiger partial charge in [0, 0.05) is 25.3 Å². The standard InChI is InChI=1S/C22H25NO3/c1-2-14-23(16-18-7-4-3-5-8-18)22(24)19-10-12-20(13-11-19)26-17-21-9-6-15-25-21/h2-5,7-8,10-13,21H,1,6,9,14-17H2. The third-order valence-electron chi connectivity index (χ3n) is 4.41. The molecule has 1 atom stereocenters. The van der Waals surface area contributed by atoms with Gasteiger partial charge in [0.25, 0.3) is 5.91 Å². The van der Waals surface area contributed by atoms with E-state index in [1.54, 1.807) is 11.0 Å². The molecule has 1 aliphatic heterocycles. The molecule has 26 heavy (non-hydrogen) atoms. The zero-order chi connectivity index (χ0) is 18.2. The second-order valence-electron chi connectivity index (χ2n) is 6.43. The first-order chi connectivity index (χ1) is 12.8. The van der Waals surface area contributed by atoms with Crippen molar-refractivity contribution in [1.82, 2.24) is 4.90 Å². The fraction of sp³-hybridized carbons (Fsp3) is 0.318. The van der Waals surface area contributed by atoms with E-state index in [1.807, 2.05) is 54.6 Å². The molecule has 2 aromatic rings. The third kappa shape index (κ3) is 4.96. The van der Waals surface area contributed by atoms with Crippen LogP contribution in [-0.2, 0) is 11.3 Å². The molecule has 1 heterocycles. The molecule has 4 nitrogen and oxygen atoms in total. The predicted octanol–water partition coefficient (Wildman–Crippen LogP) is 4.07. The molecular formula is C22H25NO3. The van der Waals surface area contributed by atoms with Crippen LogP contribution in [0, 0.1) is 0 Å². The molecule has 1 fully saturated rings. The van der Waals surface area contributed by atoms with Crippen LogP contribution < -0.4 is 4.74 Å². The molecule has 2 aromatic carbocycles. The maximum Gasteiger partial charge on any atom is 0.254 e. The van der Waals surface area contributed by atoms with Crippen LogP contribution in [0.4, 0.5) is 0 Å². The molecule has 0 spiro atoms. The van der Waals surface area contributed by atoms with Crippen molar-refractivity contribution < 1.29 is 14.3 Å². The zero-order valence-corrected chi connectivity index (χ0v) is 15.0. The van der Waals surface area contributed by atoms with Gasteiger partial charge in [0.2, 0.25) is 0 Å². The summed E-state index contributed by atoms with van der Waals surface area (Å²) in [5.74, 6) is 0.745. The maximum atomic E-state index is 12.8. The average Bonchev–Trinajstić information content (AvgIpc) is 3.20. The van der Waals surface area contributed by atoms with Gasteiger partial charge in [0.15, 0.2) is 0 Å². The Labute approximate surface area is 155 Å². The summed E-state index contributed by atoms with van der Waals surface area (Å²) in [5, 5.41) is 0. The quantitative estimate of drug-likeness (QED) is 0.673. The SMILES string of the molecule is C=CCN(Cc1ccccc1)C(=O)c1ccc(OCC2CCCO2)cc1. The highest BCUT2D eigenvalue weighted by atomic mass is 16.5. The van der Waals surface area contributed by atoms with Crippen LogP contribution in [0.3, 0.4) is 0 Å². The Morgan fingerprint density at radius 2 is 1.96 bits per heavy atom. The smallest absolute Gasteiger partial charge is 0.254 e. The molecule has 1 amide bonds. The highest BCUT2D eigenvalue weighted by Crippen LogP contribution is 2.18. The van der Waals surface area contributed by atoms with Gasteiger partial charge < -0.3 is 14.4 Å². The Balaban J connectivity index is 1.61. The molecule has 1 unspecified atom stereocenters. The van der Waals surface area contributed by atoms with E-state index in [0.29, 0.717) is 25.3 Å². The van der Waals surface area contributed by atoms with Crippen molar-refractivity contribution >= 4 is 5.91 Å². The van der Waals surface area contributed by atoms with Crippen molar-refractivity contribution in [3.8, 4) is 5.75 Å². The van der Waals surface area contributed by atoms with Crippen molar-refractivity contribution in [3.05, 3.63) is 78.4 Å². The Morgan fingerprint density at radius 1 is 1.19 bits per heavy atom. The van der Waals surface area contributed by atoms with Crippen LogP contribution in [0.25, 0.3) is 0 Å². The number of amides is 1. The van der Waals surface area contributed by atoms with Gasteiger partial charge in [-0.3, -0.25) is 4.79 Å². The van der Waals surface area contributed by atoms with Crippen LogP contribution in [0.5, 0.6) is 5.75 Å². The van der Waals surface area contributed by atoms with E-state index in [-0.39, 0.29) is 12.0 Å². The minimum absolute atomic E-state index is 0.0144. The number of hydrogen-bond acceptors (Lipinski definition) is 3. The summed E-state index contributed by atoms with van der Waals surface area (Å²) in [5.41, 5.74) is 1.74. The second kappa shape index (κ2) is 9.20. The molecule has 1 saturated heterocycles. The summed E-state index contributed by atoms with van der Waals surface area (Å²) in [4.78, 5) is 14.6. The van der Waals surface area contributed by atoms with E-state index >= 15 is 0 Å². The predicted molar refractivity (Wildman–Crippen MR) is 102 cm³/mol. The molecule has 0 radical (unpaired) electrons. The van der Waals surface area contributed by atoms with E-state index in [1.165, 1.54) is 0 Å². The minimum atomic E-state index is -0.0144. The molecule has 136 valence electrons. The van der Waals surface area contributed by atoms with Gasteiger partial charge in [-0.1, -0.05) is 36.4 Å². The van der Waals surface area contributed by atoms with Crippen molar-refractivity contribution in [1.29, 1.82) is 0 Å². The minimum Gasteiger partial charge on any atom is -0.491 e. The van der Waals surface area contributed by atoms with E-state index in [4.69, 9.17) is 9.47 Å². The van der Waals surface area contributed by atoms with Gasteiger partial charge in [-0.15, -0.1) is 6.58 Å². The normalized spacial score (nSPS) is 16.2. The number of benzene rings is 2. The summed E-state index contributed by atoms with van der Waals surface area (Å²) in [6.45, 7) is 6.21. The molecule has 0 saturated carbocycles. The van der Waals surface area contributed by atoms with Gasteiger partial charge >= 0.3 is 0 Å². The van der Waals surface area contributed by atoms with Gasteiger partial charge in [-0.25, -0.2) is 0 Å². The lowest BCUT2D eigenvalue weighted by molar-refractivity contribution is 0.0678. The summed E-state index contributed by atoms with van der Waals surface area (Å²) in [6, 6.07) is 17.3. The van der Waals surface area contributed by atoms with Crippen molar-refractivity contribution in [3.63, 3.8) is 0 Å². The fourth-order valence-corrected chi connectivity index (χ4v) is 3.02. The first-order valence-electron chi connectivity index (χ1n) is 9.05. The lowest BCUT2D eigenvalue weighted by Crippen LogP contribution is -2.30. The number of hydrogen-bond donors (Lipinski definition) is 0. The van der Waals surface area contributed by atoms with Crippen molar-refractivity contribution in [2.24, 2.45) is 0 Å². The van der Waals surface area contributed by atoms with Crippen LogP contribution in [0.15, 0.2) is 67.3 Å². The monoisotopic (exact) mass is 351 g/mol. The summed E-state index contributed by atoms with van der Waals surface area (Å²) >= 11 is 0. The van der Waals surface area contributed by atoms with Gasteiger partial charge in [-0.2, -0.15) is 0 Å². The van der Waals surface area contributed by atoms with E-state index in [9.17, 15) is 4.79 Å². The average molecular weight is 351 g/mol. The number of carbonyl (C=O) groups is 1. The van der Waals surface area contributed by atoms with E-state index in [2.05, 4.69) is 6.58 Å². The molecule has 4 heteroatoms.